The van der Waals surface area contributed by atoms with Crippen LogP contribution in [-0.2, 0) is 12.8 Å². The second kappa shape index (κ2) is 5.50. The Morgan fingerprint density at radius 1 is 1.00 bits per heavy atom. The van der Waals surface area contributed by atoms with Crippen molar-refractivity contribution in [1.82, 2.24) is 10.2 Å². The van der Waals surface area contributed by atoms with Crippen molar-refractivity contribution in [3.63, 3.8) is 0 Å². The molecule has 1 aromatic rings. The van der Waals surface area contributed by atoms with Crippen molar-refractivity contribution in [3.8, 4) is 0 Å². The van der Waals surface area contributed by atoms with E-state index < -0.39 is 0 Å². The van der Waals surface area contributed by atoms with Crippen LogP contribution in [0.4, 0.5) is 0 Å². The molecule has 20 heavy (non-hydrogen) atoms. The van der Waals surface area contributed by atoms with E-state index >= 15 is 0 Å². The lowest BCUT2D eigenvalue weighted by molar-refractivity contribution is 0.176. The molecule has 0 radical (unpaired) electrons. The average molecular weight is 270 g/mol. The molecular formula is C18H26N2. The zero-order valence-corrected chi connectivity index (χ0v) is 12.4. The first-order valence-corrected chi connectivity index (χ1v) is 8.43. The van der Waals surface area contributed by atoms with Crippen molar-refractivity contribution < 1.29 is 0 Å². The monoisotopic (exact) mass is 270 g/mol. The maximum Gasteiger partial charge on any atom is 0.0195 e. The van der Waals surface area contributed by atoms with Gasteiger partial charge in [-0.1, -0.05) is 24.3 Å². The van der Waals surface area contributed by atoms with Gasteiger partial charge >= 0.3 is 0 Å². The molecule has 4 rings (SSSR count). The molecule has 2 heteroatoms. The highest BCUT2D eigenvalue weighted by Crippen LogP contribution is 2.33. The van der Waals surface area contributed by atoms with Gasteiger partial charge in [0.05, 0.1) is 0 Å². The number of fused-ring (bicyclic) bond motifs is 1. The molecule has 0 bridgehead atoms. The van der Waals surface area contributed by atoms with Crippen LogP contribution in [-0.4, -0.2) is 36.6 Å². The van der Waals surface area contributed by atoms with Crippen LogP contribution < -0.4 is 5.32 Å². The van der Waals surface area contributed by atoms with Crippen LogP contribution in [0.2, 0.25) is 0 Å². The van der Waals surface area contributed by atoms with Crippen LogP contribution in [0.1, 0.15) is 36.8 Å². The van der Waals surface area contributed by atoms with E-state index in [0.717, 1.165) is 18.0 Å². The van der Waals surface area contributed by atoms with E-state index in [1.165, 1.54) is 58.2 Å². The summed E-state index contributed by atoms with van der Waals surface area (Å²) in [5, 5.41) is 3.68. The Bertz CT molecular complexity index is 435. The minimum absolute atomic E-state index is 0.748. The molecule has 3 aliphatic rings. The molecule has 1 atom stereocenters. The van der Waals surface area contributed by atoms with Crippen LogP contribution in [0.25, 0.3) is 0 Å². The predicted molar refractivity (Wildman–Crippen MR) is 83.0 cm³/mol. The molecule has 2 fully saturated rings. The van der Waals surface area contributed by atoms with Gasteiger partial charge in [0.15, 0.2) is 0 Å². The predicted octanol–water partition coefficient (Wildman–Crippen LogP) is 2.62. The molecule has 1 aliphatic heterocycles. The minimum Gasteiger partial charge on any atom is -0.313 e. The van der Waals surface area contributed by atoms with Gasteiger partial charge in [-0.2, -0.15) is 0 Å². The molecule has 2 aliphatic carbocycles. The van der Waals surface area contributed by atoms with E-state index in [-0.39, 0.29) is 0 Å². The third kappa shape index (κ3) is 2.77. The minimum atomic E-state index is 0.748. The van der Waals surface area contributed by atoms with Gasteiger partial charge in [0, 0.05) is 25.2 Å². The van der Waals surface area contributed by atoms with E-state index in [1.54, 1.807) is 11.1 Å². The average Bonchev–Trinajstić information content (AvgIpc) is 2.98. The quantitative estimate of drug-likeness (QED) is 0.885. The van der Waals surface area contributed by atoms with Gasteiger partial charge in [0.25, 0.3) is 0 Å². The van der Waals surface area contributed by atoms with E-state index in [4.69, 9.17) is 0 Å². The maximum atomic E-state index is 3.68. The van der Waals surface area contributed by atoms with Crippen molar-refractivity contribution in [1.29, 1.82) is 0 Å². The SMILES string of the molecule is c1ccc2c(c1)CC(N(CC1CC1)CC1CCCN1)C2. The standard InChI is InChI=1S/C18H26N2/c1-2-5-16-11-18(10-15(16)4-1)20(12-14-7-8-14)13-17-6-3-9-19-17/h1-2,4-5,14,17-19H,3,6-13H2. The van der Waals surface area contributed by atoms with Gasteiger partial charge in [-0.25, -0.2) is 0 Å². The Kier molecular flexibility index (Phi) is 3.53. The van der Waals surface area contributed by atoms with Crippen molar-refractivity contribution in [2.75, 3.05) is 19.6 Å². The second-order valence-corrected chi connectivity index (χ2v) is 7.02. The smallest absolute Gasteiger partial charge is 0.0195 e. The molecule has 0 spiro atoms. The number of benzene rings is 1. The number of hydrogen-bond donors (Lipinski definition) is 1. The van der Waals surface area contributed by atoms with Crippen LogP contribution in [0, 0.1) is 5.92 Å². The van der Waals surface area contributed by atoms with E-state index in [0.29, 0.717) is 0 Å². The van der Waals surface area contributed by atoms with Crippen molar-refractivity contribution in [2.45, 2.75) is 50.6 Å². The summed E-state index contributed by atoms with van der Waals surface area (Å²) < 4.78 is 0. The molecule has 108 valence electrons. The van der Waals surface area contributed by atoms with E-state index in [1.807, 2.05) is 0 Å². The van der Waals surface area contributed by atoms with Gasteiger partial charge in [0.1, 0.15) is 0 Å². The first-order chi connectivity index (χ1) is 9.88. The molecule has 0 aromatic heterocycles. The first-order valence-electron chi connectivity index (χ1n) is 8.43. The third-order valence-corrected chi connectivity index (χ3v) is 5.35. The lowest BCUT2D eigenvalue weighted by Crippen LogP contribution is -2.44. The van der Waals surface area contributed by atoms with Gasteiger partial charge < -0.3 is 5.32 Å². The maximum absolute atomic E-state index is 3.68. The summed E-state index contributed by atoms with van der Waals surface area (Å²) in [6.07, 6.45) is 8.22. The summed E-state index contributed by atoms with van der Waals surface area (Å²) in [6, 6.07) is 10.6. The fourth-order valence-electron chi connectivity index (χ4n) is 3.99. The molecule has 0 amide bonds. The summed E-state index contributed by atoms with van der Waals surface area (Å²) in [6.45, 7) is 3.85. The summed E-state index contributed by atoms with van der Waals surface area (Å²) in [5.41, 5.74) is 3.19. The van der Waals surface area contributed by atoms with Gasteiger partial charge in [-0.15, -0.1) is 0 Å². The Morgan fingerprint density at radius 3 is 2.35 bits per heavy atom. The third-order valence-electron chi connectivity index (χ3n) is 5.35. The zero-order valence-electron chi connectivity index (χ0n) is 12.4. The lowest BCUT2D eigenvalue weighted by Gasteiger charge is -2.31. The fourth-order valence-corrected chi connectivity index (χ4v) is 3.99. The molecule has 1 saturated carbocycles. The van der Waals surface area contributed by atoms with E-state index in [9.17, 15) is 0 Å². The van der Waals surface area contributed by atoms with Gasteiger partial charge in [-0.3, -0.25) is 4.90 Å². The largest absolute Gasteiger partial charge is 0.313 e. The molecular weight excluding hydrogens is 244 g/mol. The molecule has 1 saturated heterocycles. The molecule has 2 nitrogen and oxygen atoms in total. The molecule has 1 unspecified atom stereocenters. The van der Waals surface area contributed by atoms with Crippen molar-refractivity contribution in [3.05, 3.63) is 35.4 Å². The summed E-state index contributed by atoms with van der Waals surface area (Å²) >= 11 is 0. The highest BCUT2D eigenvalue weighted by Gasteiger charge is 2.33. The van der Waals surface area contributed by atoms with Crippen LogP contribution in [0.3, 0.4) is 0 Å². The number of hydrogen-bond acceptors (Lipinski definition) is 2. The van der Waals surface area contributed by atoms with E-state index in [2.05, 4.69) is 34.5 Å². The summed E-state index contributed by atoms with van der Waals surface area (Å²) in [4.78, 5) is 2.82. The summed E-state index contributed by atoms with van der Waals surface area (Å²) in [5.74, 6) is 1.00. The number of nitrogens with one attached hydrogen (secondary N) is 1. The Balaban J connectivity index is 1.44. The van der Waals surface area contributed by atoms with Crippen LogP contribution >= 0.6 is 0 Å². The normalized spacial score (nSPS) is 26.4. The highest BCUT2D eigenvalue weighted by atomic mass is 15.2. The second-order valence-electron chi connectivity index (χ2n) is 7.02. The highest BCUT2D eigenvalue weighted by molar-refractivity contribution is 5.33. The fraction of sp³-hybridized carbons (Fsp3) is 0.667. The van der Waals surface area contributed by atoms with Gasteiger partial charge in [0.2, 0.25) is 0 Å². The topological polar surface area (TPSA) is 15.3 Å². The molecule has 1 aromatic carbocycles. The number of nitrogens with zero attached hydrogens (tertiary/aromatic N) is 1. The Morgan fingerprint density at radius 2 is 1.75 bits per heavy atom. The molecule has 1 N–H and O–H groups in total. The molecule has 1 heterocycles. The summed E-state index contributed by atoms with van der Waals surface area (Å²) in [7, 11) is 0. The van der Waals surface area contributed by atoms with Crippen molar-refractivity contribution in [2.24, 2.45) is 5.92 Å². The van der Waals surface area contributed by atoms with Gasteiger partial charge in [-0.05, 0) is 62.1 Å². The van der Waals surface area contributed by atoms with Crippen LogP contribution in [0.5, 0.6) is 0 Å². The zero-order chi connectivity index (χ0) is 13.4. The van der Waals surface area contributed by atoms with Crippen LogP contribution in [0.15, 0.2) is 24.3 Å². The van der Waals surface area contributed by atoms with Crippen molar-refractivity contribution >= 4 is 0 Å². The Hall–Kier alpha value is -0.860. The lowest BCUT2D eigenvalue weighted by atomic mass is 10.1. The first kappa shape index (κ1) is 12.8. The Labute approximate surface area is 122 Å². The number of rotatable bonds is 5.